The van der Waals surface area contributed by atoms with Crippen LogP contribution in [0.25, 0.3) is 0 Å². The fourth-order valence-corrected chi connectivity index (χ4v) is 3.34. The molecule has 3 aliphatic rings. The van der Waals surface area contributed by atoms with Crippen molar-refractivity contribution in [2.75, 3.05) is 13.1 Å². The number of hydrogen-bond donors (Lipinski definition) is 1. The summed E-state index contributed by atoms with van der Waals surface area (Å²) in [4.78, 5) is 18.7. The van der Waals surface area contributed by atoms with Gasteiger partial charge in [-0.25, -0.2) is 8.78 Å². The Morgan fingerprint density at radius 3 is 2.73 bits per heavy atom. The molecule has 22 heavy (non-hydrogen) atoms. The molecule has 0 bridgehead atoms. The quantitative estimate of drug-likeness (QED) is 0.933. The second-order valence-corrected chi connectivity index (χ2v) is 6.61. The van der Waals surface area contributed by atoms with Crippen LogP contribution in [0.15, 0.2) is 6.07 Å². The Hall–Kier alpha value is -1.56. The number of alkyl halides is 2. The summed E-state index contributed by atoms with van der Waals surface area (Å²) in [6.07, 6.45) is 2.09. The zero-order valence-electron chi connectivity index (χ0n) is 12.4. The van der Waals surface area contributed by atoms with Crippen molar-refractivity contribution in [3.8, 4) is 0 Å². The van der Waals surface area contributed by atoms with E-state index in [1.807, 2.05) is 11.0 Å². The standard InChI is InChI=1S/C16H19F2N3O/c17-16(18)3-5-21(6-4-16)9-11-7-12-13(8-19-15(12)22)14(20-11)10-1-2-10/h7,10H,1-6,8-9H2,(H,19,22). The van der Waals surface area contributed by atoms with E-state index in [1.54, 1.807) is 0 Å². The Labute approximate surface area is 127 Å². The summed E-state index contributed by atoms with van der Waals surface area (Å²) in [5.74, 6) is -2.08. The maximum Gasteiger partial charge on any atom is 0.252 e. The number of halogens is 2. The smallest absolute Gasteiger partial charge is 0.252 e. The lowest BCUT2D eigenvalue weighted by molar-refractivity contribution is -0.0568. The summed E-state index contributed by atoms with van der Waals surface area (Å²) in [6, 6.07) is 1.84. The molecule has 0 unspecified atom stereocenters. The van der Waals surface area contributed by atoms with E-state index in [4.69, 9.17) is 4.98 Å². The first-order chi connectivity index (χ1) is 10.5. The second kappa shape index (κ2) is 4.98. The number of carbonyl (C=O) groups excluding carboxylic acids is 1. The Balaban J connectivity index is 1.56. The topological polar surface area (TPSA) is 45.2 Å². The first-order valence-electron chi connectivity index (χ1n) is 7.93. The largest absolute Gasteiger partial charge is 0.348 e. The number of likely N-dealkylation sites (tertiary alicyclic amines) is 1. The molecule has 1 aromatic rings. The fraction of sp³-hybridized carbons (Fsp3) is 0.625. The summed E-state index contributed by atoms with van der Waals surface area (Å²) in [6.45, 7) is 1.90. The lowest BCUT2D eigenvalue weighted by Gasteiger charge is -2.31. The van der Waals surface area contributed by atoms with Gasteiger partial charge in [0.25, 0.3) is 11.8 Å². The third-order valence-electron chi connectivity index (χ3n) is 4.82. The molecule has 0 atom stereocenters. The van der Waals surface area contributed by atoms with Gasteiger partial charge in [0.1, 0.15) is 0 Å². The van der Waals surface area contributed by atoms with E-state index < -0.39 is 5.92 Å². The molecule has 1 saturated carbocycles. The normalized spacial score (nSPS) is 24.2. The van der Waals surface area contributed by atoms with Crippen molar-refractivity contribution >= 4 is 5.91 Å². The van der Waals surface area contributed by atoms with Crippen molar-refractivity contribution in [2.45, 2.75) is 50.6 Å². The van der Waals surface area contributed by atoms with Crippen LogP contribution in [0, 0.1) is 0 Å². The summed E-state index contributed by atoms with van der Waals surface area (Å²) in [5, 5.41) is 2.86. The molecule has 1 amide bonds. The van der Waals surface area contributed by atoms with E-state index >= 15 is 0 Å². The zero-order valence-corrected chi connectivity index (χ0v) is 12.4. The third kappa shape index (κ3) is 2.60. The van der Waals surface area contributed by atoms with Gasteiger partial charge >= 0.3 is 0 Å². The SMILES string of the molecule is O=C1NCc2c1cc(CN1CCC(F)(F)CC1)nc2C1CC1. The molecule has 6 heteroatoms. The first kappa shape index (κ1) is 14.1. The van der Waals surface area contributed by atoms with Gasteiger partial charge in [-0.15, -0.1) is 0 Å². The Morgan fingerprint density at radius 1 is 1.32 bits per heavy atom. The monoisotopic (exact) mass is 307 g/mol. The van der Waals surface area contributed by atoms with Crippen molar-refractivity contribution in [2.24, 2.45) is 0 Å². The number of fused-ring (bicyclic) bond motifs is 1. The van der Waals surface area contributed by atoms with Crippen LogP contribution in [0.3, 0.4) is 0 Å². The summed E-state index contributed by atoms with van der Waals surface area (Å²) >= 11 is 0. The third-order valence-corrected chi connectivity index (χ3v) is 4.82. The van der Waals surface area contributed by atoms with Crippen molar-refractivity contribution in [1.29, 1.82) is 0 Å². The molecule has 1 aliphatic carbocycles. The molecular weight excluding hydrogens is 288 g/mol. The van der Waals surface area contributed by atoms with Crippen LogP contribution in [0.5, 0.6) is 0 Å². The van der Waals surface area contributed by atoms with Gasteiger partial charge < -0.3 is 5.32 Å². The summed E-state index contributed by atoms with van der Waals surface area (Å²) < 4.78 is 26.5. The number of piperidine rings is 1. The van der Waals surface area contributed by atoms with Crippen molar-refractivity contribution in [3.05, 3.63) is 28.6 Å². The average molecular weight is 307 g/mol. The molecule has 2 aliphatic heterocycles. The number of aromatic nitrogens is 1. The molecule has 0 aromatic carbocycles. The number of nitrogens with zero attached hydrogens (tertiary/aromatic N) is 2. The molecule has 0 radical (unpaired) electrons. The average Bonchev–Trinajstić information content (AvgIpc) is 3.26. The van der Waals surface area contributed by atoms with Gasteiger partial charge in [-0.05, 0) is 18.9 Å². The molecule has 0 spiro atoms. The van der Waals surface area contributed by atoms with Gasteiger partial charge in [0.05, 0.1) is 5.69 Å². The number of nitrogens with one attached hydrogen (secondary N) is 1. The zero-order chi connectivity index (χ0) is 15.3. The number of amides is 1. The van der Waals surface area contributed by atoms with E-state index in [2.05, 4.69) is 5.32 Å². The highest BCUT2D eigenvalue weighted by molar-refractivity contribution is 5.98. The van der Waals surface area contributed by atoms with Crippen LogP contribution < -0.4 is 5.32 Å². The van der Waals surface area contributed by atoms with Gasteiger partial charge in [-0.1, -0.05) is 0 Å². The molecular formula is C16H19F2N3O. The minimum atomic E-state index is -2.53. The first-order valence-corrected chi connectivity index (χ1v) is 7.93. The highest BCUT2D eigenvalue weighted by Crippen LogP contribution is 2.42. The number of hydrogen-bond acceptors (Lipinski definition) is 3. The summed E-state index contributed by atoms with van der Waals surface area (Å²) in [5.41, 5.74) is 3.66. The van der Waals surface area contributed by atoms with Crippen LogP contribution in [-0.4, -0.2) is 34.8 Å². The van der Waals surface area contributed by atoms with E-state index in [0.717, 1.165) is 35.4 Å². The van der Waals surface area contributed by atoms with Gasteiger partial charge in [0, 0.05) is 61.8 Å². The van der Waals surface area contributed by atoms with E-state index in [-0.39, 0.29) is 18.7 Å². The minimum Gasteiger partial charge on any atom is -0.348 e. The van der Waals surface area contributed by atoms with Gasteiger partial charge in [0.15, 0.2) is 0 Å². The number of carbonyl (C=O) groups is 1. The van der Waals surface area contributed by atoms with E-state index in [1.165, 1.54) is 0 Å². The molecule has 4 nitrogen and oxygen atoms in total. The van der Waals surface area contributed by atoms with Crippen LogP contribution in [0.1, 0.15) is 58.9 Å². The molecule has 1 aromatic heterocycles. The van der Waals surface area contributed by atoms with Crippen LogP contribution in [0.4, 0.5) is 8.78 Å². The Kier molecular flexibility index (Phi) is 3.18. The highest BCUT2D eigenvalue weighted by Gasteiger charge is 2.35. The Bertz CT molecular complexity index is 618. The summed E-state index contributed by atoms with van der Waals surface area (Å²) in [7, 11) is 0. The molecule has 118 valence electrons. The van der Waals surface area contributed by atoms with Crippen molar-refractivity contribution in [3.63, 3.8) is 0 Å². The number of rotatable bonds is 3. The second-order valence-electron chi connectivity index (χ2n) is 6.61. The molecule has 2 fully saturated rings. The van der Waals surface area contributed by atoms with Crippen molar-refractivity contribution in [1.82, 2.24) is 15.2 Å². The van der Waals surface area contributed by atoms with Crippen LogP contribution in [0.2, 0.25) is 0 Å². The minimum absolute atomic E-state index is 0.0364. The van der Waals surface area contributed by atoms with Crippen molar-refractivity contribution < 1.29 is 13.6 Å². The molecule has 3 heterocycles. The van der Waals surface area contributed by atoms with E-state index in [9.17, 15) is 13.6 Å². The van der Waals surface area contributed by atoms with Gasteiger partial charge in [-0.3, -0.25) is 14.7 Å². The fourth-order valence-electron chi connectivity index (χ4n) is 3.34. The Morgan fingerprint density at radius 2 is 2.05 bits per heavy atom. The maximum atomic E-state index is 13.2. The maximum absolute atomic E-state index is 13.2. The predicted molar refractivity (Wildman–Crippen MR) is 76.8 cm³/mol. The molecule has 1 saturated heterocycles. The van der Waals surface area contributed by atoms with E-state index in [0.29, 0.717) is 32.1 Å². The molecule has 4 rings (SSSR count). The highest BCUT2D eigenvalue weighted by atomic mass is 19.3. The van der Waals surface area contributed by atoms with Crippen LogP contribution in [-0.2, 0) is 13.1 Å². The van der Waals surface area contributed by atoms with Gasteiger partial charge in [0.2, 0.25) is 0 Å². The van der Waals surface area contributed by atoms with Gasteiger partial charge in [-0.2, -0.15) is 0 Å². The van der Waals surface area contributed by atoms with Crippen LogP contribution >= 0.6 is 0 Å². The number of pyridine rings is 1. The predicted octanol–water partition coefficient (Wildman–Crippen LogP) is 2.43. The lowest BCUT2D eigenvalue weighted by atomic mass is 10.0. The lowest BCUT2D eigenvalue weighted by Crippen LogP contribution is -2.39. The molecule has 1 N–H and O–H groups in total.